The first-order valence-electron chi connectivity index (χ1n) is 12.1. The molecule has 0 aliphatic carbocycles. The SMILES string of the molecule is COc1ccc2ncc(Cl)c([C@H](O)CCC3(C(=O)NO)CCN(CCC(=S)c4cnccn4)CC3)c2c1. The number of hydrogen-bond acceptors (Lipinski definition) is 9. The van der Waals surface area contributed by atoms with Crippen LogP contribution in [0.5, 0.6) is 5.75 Å². The predicted molar refractivity (Wildman–Crippen MR) is 144 cm³/mol. The van der Waals surface area contributed by atoms with Crippen LogP contribution in [0.1, 0.15) is 49.5 Å². The quantitative estimate of drug-likeness (QED) is 0.151. The van der Waals surface area contributed by atoms with E-state index in [0.717, 1.165) is 11.4 Å². The van der Waals surface area contributed by atoms with Crippen LogP contribution in [0.15, 0.2) is 43.0 Å². The summed E-state index contributed by atoms with van der Waals surface area (Å²) in [5.41, 5.74) is 3.00. The standard InChI is InChI=1S/C26H30ClN5O4S/c1-36-17-2-3-20-18(14-17)24(19(27)15-30-20)22(33)4-6-26(25(34)31-35)7-12-32(13-8-26)11-5-23(37)21-16-28-9-10-29-21/h2-3,9-10,14-16,22,33,35H,4-8,11-13H2,1H3,(H,31,34)/t22-/m1/s1. The Bertz CT molecular complexity index is 1250. The average Bonchev–Trinajstić information content (AvgIpc) is 2.94. The summed E-state index contributed by atoms with van der Waals surface area (Å²) in [5, 5.41) is 21.7. The molecule has 4 rings (SSSR count). The molecule has 3 aromatic rings. The van der Waals surface area contributed by atoms with E-state index in [1.165, 1.54) is 6.20 Å². The van der Waals surface area contributed by atoms with Gasteiger partial charge >= 0.3 is 0 Å². The van der Waals surface area contributed by atoms with E-state index in [0.29, 0.717) is 78.1 Å². The van der Waals surface area contributed by atoms with Crippen molar-refractivity contribution < 1.29 is 19.8 Å². The maximum absolute atomic E-state index is 12.8. The first kappa shape index (κ1) is 27.3. The molecule has 0 unspecified atom stereocenters. The van der Waals surface area contributed by atoms with Gasteiger partial charge in [0.25, 0.3) is 0 Å². The molecule has 0 spiro atoms. The van der Waals surface area contributed by atoms with Crippen LogP contribution in [0.25, 0.3) is 10.9 Å². The Labute approximate surface area is 225 Å². The molecule has 1 amide bonds. The number of amides is 1. The molecule has 3 N–H and O–H groups in total. The molecule has 1 aromatic carbocycles. The monoisotopic (exact) mass is 543 g/mol. The van der Waals surface area contributed by atoms with E-state index in [1.54, 1.807) is 37.8 Å². The maximum atomic E-state index is 12.8. The smallest absolute Gasteiger partial charge is 0.249 e. The summed E-state index contributed by atoms with van der Waals surface area (Å²) >= 11 is 11.9. The van der Waals surface area contributed by atoms with Crippen molar-refractivity contribution in [3.8, 4) is 5.75 Å². The van der Waals surface area contributed by atoms with Gasteiger partial charge in [-0.15, -0.1) is 0 Å². The Morgan fingerprint density at radius 3 is 2.73 bits per heavy atom. The molecular formula is C26H30ClN5O4S. The highest BCUT2D eigenvalue weighted by Gasteiger charge is 2.41. The minimum Gasteiger partial charge on any atom is -0.497 e. The largest absolute Gasteiger partial charge is 0.497 e. The molecule has 37 heavy (non-hydrogen) atoms. The molecule has 3 heterocycles. The van der Waals surface area contributed by atoms with E-state index in [9.17, 15) is 15.1 Å². The van der Waals surface area contributed by atoms with E-state index in [-0.39, 0.29) is 0 Å². The van der Waals surface area contributed by atoms with Crippen LogP contribution >= 0.6 is 23.8 Å². The van der Waals surface area contributed by atoms with Gasteiger partial charge in [0.2, 0.25) is 5.91 Å². The Morgan fingerprint density at radius 2 is 2.05 bits per heavy atom. The van der Waals surface area contributed by atoms with Crippen molar-refractivity contribution in [2.24, 2.45) is 5.41 Å². The summed E-state index contributed by atoms with van der Waals surface area (Å²) in [4.78, 5) is 28.5. The number of pyridine rings is 1. The Morgan fingerprint density at radius 1 is 1.27 bits per heavy atom. The van der Waals surface area contributed by atoms with Gasteiger partial charge in [0, 0.05) is 40.9 Å². The van der Waals surface area contributed by atoms with Gasteiger partial charge in [0.15, 0.2) is 0 Å². The number of carbonyl (C=O) groups excluding carboxylic acids is 1. The van der Waals surface area contributed by atoms with Crippen LogP contribution in [0, 0.1) is 5.41 Å². The number of likely N-dealkylation sites (tertiary alicyclic amines) is 1. The van der Waals surface area contributed by atoms with Crippen molar-refractivity contribution >= 4 is 45.5 Å². The number of nitrogens with one attached hydrogen (secondary N) is 1. The van der Waals surface area contributed by atoms with Crippen molar-refractivity contribution in [2.45, 2.75) is 38.2 Å². The molecule has 11 heteroatoms. The van der Waals surface area contributed by atoms with Gasteiger partial charge in [-0.2, -0.15) is 0 Å². The first-order chi connectivity index (χ1) is 17.9. The lowest BCUT2D eigenvalue weighted by molar-refractivity contribution is -0.143. The fourth-order valence-electron chi connectivity index (χ4n) is 4.94. The molecule has 1 aliphatic heterocycles. The number of hydrogen-bond donors (Lipinski definition) is 3. The van der Waals surface area contributed by atoms with Gasteiger partial charge in [-0.05, 0) is 63.4 Å². The third-order valence-electron chi connectivity index (χ3n) is 7.20. The predicted octanol–water partition coefficient (Wildman–Crippen LogP) is 3.90. The Balaban J connectivity index is 1.42. The van der Waals surface area contributed by atoms with Gasteiger partial charge in [-0.3, -0.25) is 25.0 Å². The minimum absolute atomic E-state index is 0.292. The van der Waals surface area contributed by atoms with E-state index in [4.69, 9.17) is 28.6 Å². The van der Waals surface area contributed by atoms with Crippen molar-refractivity contribution in [3.63, 3.8) is 0 Å². The van der Waals surface area contributed by atoms with Crippen molar-refractivity contribution in [1.82, 2.24) is 25.3 Å². The van der Waals surface area contributed by atoms with Gasteiger partial charge < -0.3 is 14.7 Å². The number of benzene rings is 1. The number of halogens is 1. The molecule has 1 fully saturated rings. The number of methoxy groups -OCH3 is 1. The molecule has 0 bridgehead atoms. The lowest BCUT2D eigenvalue weighted by atomic mass is 9.73. The third kappa shape index (κ3) is 6.22. The number of aliphatic hydroxyl groups excluding tert-OH is 1. The van der Waals surface area contributed by atoms with Crippen molar-refractivity contribution in [2.75, 3.05) is 26.7 Å². The number of nitrogens with zero attached hydrogens (tertiary/aromatic N) is 4. The summed E-state index contributed by atoms with van der Waals surface area (Å²) in [6.07, 6.45) is 7.93. The molecule has 1 atom stereocenters. The van der Waals surface area contributed by atoms with Crippen molar-refractivity contribution in [3.05, 3.63) is 59.3 Å². The number of rotatable bonds is 10. The molecule has 0 saturated carbocycles. The molecule has 0 radical (unpaired) electrons. The number of aromatic nitrogens is 3. The number of piperidine rings is 1. The number of aliphatic hydroxyl groups is 1. The number of thiocarbonyl (C=S) groups is 1. The topological polar surface area (TPSA) is 121 Å². The zero-order valence-corrected chi connectivity index (χ0v) is 22.1. The molecule has 9 nitrogen and oxygen atoms in total. The molecule has 1 saturated heterocycles. The van der Waals surface area contributed by atoms with Crippen LogP contribution in [0.2, 0.25) is 5.02 Å². The number of fused-ring (bicyclic) bond motifs is 1. The van der Waals surface area contributed by atoms with Crippen LogP contribution in [-0.4, -0.2) is 67.7 Å². The summed E-state index contributed by atoms with van der Waals surface area (Å²) in [5.74, 6) is 0.203. The van der Waals surface area contributed by atoms with Crippen LogP contribution in [-0.2, 0) is 4.79 Å². The fourth-order valence-corrected chi connectivity index (χ4v) is 5.41. The van der Waals surface area contributed by atoms with E-state index < -0.39 is 17.4 Å². The fraction of sp³-hybridized carbons (Fsp3) is 0.423. The summed E-state index contributed by atoms with van der Waals surface area (Å²) in [7, 11) is 1.57. The van der Waals surface area contributed by atoms with Crippen LogP contribution in [0.4, 0.5) is 0 Å². The van der Waals surface area contributed by atoms with Crippen molar-refractivity contribution in [1.29, 1.82) is 0 Å². The number of ether oxygens (including phenoxy) is 1. The van der Waals surface area contributed by atoms with Gasteiger partial charge in [-0.1, -0.05) is 23.8 Å². The summed E-state index contributed by atoms with van der Waals surface area (Å²) in [6.45, 7) is 2.08. The zero-order valence-electron chi connectivity index (χ0n) is 20.6. The highest BCUT2D eigenvalue weighted by atomic mass is 35.5. The van der Waals surface area contributed by atoms with Crippen LogP contribution < -0.4 is 10.2 Å². The second-order valence-corrected chi connectivity index (χ2v) is 10.2. The normalized spacial score (nSPS) is 16.3. The molecule has 196 valence electrons. The number of hydroxylamine groups is 1. The second kappa shape index (κ2) is 12.2. The summed E-state index contributed by atoms with van der Waals surface area (Å²) < 4.78 is 5.33. The second-order valence-electron chi connectivity index (χ2n) is 9.28. The third-order valence-corrected chi connectivity index (χ3v) is 7.91. The molecule has 1 aliphatic rings. The van der Waals surface area contributed by atoms with Gasteiger partial charge in [-0.25, -0.2) is 5.48 Å². The maximum Gasteiger partial charge on any atom is 0.249 e. The van der Waals surface area contributed by atoms with E-state index in [1.807, 2.05) is 11.5 Å². The lowest BCUT2D eigenvalue weighted by Gasteiger charge is -2.40. The van der Waals surface area contributed by atoms with Crippen LogP contribution in [0.3, 0.4) is 0 Å². The highest BCUT2D eigenvalue weighted by Crippen LogP contribution is 2.41. The minimum atomic E-state index is -0.921. The zero-order chi connectivity index (χ0) is 26.4. The highest BCUT2D eigenvalue weighted by molar-refractivity contribution is 7.80. The van der Waals surface area contributed by atoms with Gasteiger partial charge in [0.1, 0.15) is 5.75 Å². The molecule has 2 aromatic heterocycles. The van der Waals surface area contributed by atoms with E-state index >= 15 is 0 Å². The average molecular weight is 544 g/mol. The van der Waals surface area contributed by atoms with Gasteiger partial charge in [0.05, 0.1) is 41.1 Å². The first-order valence-corrected chi connectivity index (χ1v) is 12.9. The van der Waals surface area contributed by atoms with E-state index in [2.05, 4.69) is 19.9 Å². The lowest BCUT2D eigenvalue weighted by Crippen LogP contribution is -2.48. The summed E-state index contributed by atoms with van der Waals surface area (Å²) in [6, 6.07) is 5.41. The molecular weight excluding hydrogens is 514 g/mol. The number of carbonyl (C=O) groups is 1. The Hall–Kier alpha value is -2.76. The Kier molecular flexibility index (Phi) is 8.99.